The van der Waals surface area contributed by atoms with Crippen molar-refractivity contribution in [2.24, 2.45) is 15.7 Å². The number of fused-ring (bicyclic) bond motifs is 2. The molecule has 0 saturated heterocycles. The number of nitrogens with two attached hydrogens (primary N) is 4. The van der Waals surface area contributed by atoms with E-state index in [2.05, 4.69) is 15.3 Å². The molecule has 446 valence electrons. The van der Waals surface area contributed by atoms with Gasteiger partial charge in [0.15, 0.2) is 16.9 Å². The molecule has 5 aromatic carbocycles. The average Bonchev–Trinajstić information content (AvgIpc) is 4.02. The number of rotatable bonds is 4. The Bertz CT molecular complexity index is 3150. The number of phenolic OH excluding ortho intramolecular Hbond substituents is 1. The van der Waals surface area contributed by atoms with E-state index in [0.717, 1.165) is 5.69 Å². The van der Waals surface area contributed by atoms with E-state index in [0.29, 0.717) is 38.5 Å². The van der Waals surface area contributed by atoms with E-state index in [-0.39, 0.29) is 292 Å². The van der Waals surface area contributed by atoms with Crippen molar-refractivity contribution >= 4 is 98.5 Å². The molecule has 0 bridgehead atoms. The van der Waals surface area contributed by atoms with Gasteiger partial charge in [-0.1, -0.05) is 185 Å². The number of nitrogens with one attached hydrogen (secondary N) is 1. The van der Waals surface area contributed by atoms with Gasteiger partial charge in [0, 0.05) is 37.7 Å². The maximum Gasteiger partial charge on any atom is 1.00 e. The van der Waals surface area contributed by atoms with Gasteiger partial charge in [-0.05, 0) is 72.8 Å². The van der Waals surface area contributed by atoms with E-state index < -0.39 is 35.9 Å². The summed E-state index contributed by atoms with van der Waals surface area (Å²) in [5, 5.41) is 23.2. The van der Waals surface area contributed by atoms with E-state index in [4.69, 9.17) is 63.4 Å². The molecule has 0 aliphatic rings. The summed E-state index contributed by atoms with van der Waals surface area (Å²) in [5.41, 5.74) is 12.3. The van der Waals surface area contributed by atoms with Gasteiger partial charge in [0.2, 0.25) is 37.7 Å². The normalized spacial score (nSPS) is 10.3. The number of nitrogen functional groups attached to an aromatic ring is 2. The number of hydrogen-bond acceptors (Lipinski definition) is 14. The molecule has 0 atom stereocenters. The van der Waals surface area contributed by atoms with Crippen LogP contribution in [-0.4, -0.2) is 50.8 Å². The molecule has 0 saturated carbocycles. The maximum atomic E-state index is 11.6. The molecule has 0 spiro atoms. The van der Waals surface area contributed by atoms with E-state index in [1.807, 2.05) is 144 Å². The van der Waals surface area contributed by atoms with E-state index >= 15 is 0 Å². The quantitative estimate of drug-likeness (QED) is 0.0757. The van der Waals surface area contributed by atoms with Crippen LogP contribution in [0, 0.1) is 5.41 Å². The minimum atomic E-state index is -4.30. The summed E-state index contributed by atoms with van der Waals surface area (Å²) in [7, 11) is -12.0. The Kier molecular flexibility index (Phi) is 56.1. The molecule has 27 heteroatoms. The molecule has 7 aromatic rings. The molecule has 11 N–H and O–H groups in total. The van der Waals surface area contributed by atoms with Crippen LogP contribution in [-0.2, 0) is 45.8 Å². The molecule has 2 aromatic heterocycles. The number of halogens is 2. The number of primary sulfonamides is 2. The van der Waals surface area contributed by atoms with Gasteiger partial charge >= 0.3 is 233 Å². The number of sulfonamides is 2. The zero-order valence-electron chi connectivity index (χ0n) is 56.6. The van der Waals surface area contributed by atoms with Crippen LogP contribution in [0.2, 0.25) is 10.0 Å². The van der Waals surface area contributed by atoms with Crippen molar-refractivity contribution in [3.05, 3.63) is 125 Å². The standard InChI is InChI=1S/C11H14ClNO.C11H14N2O3S.C11H13NO4S.C6H6ClN.C6H8N2O3S.5C2H6.4Rb.4H/c1-11(2,3)10(14)13-9-6-4-5-8(12)7-9;1-11(2,3)10-13-7-5-4-6-8(9(7)16-10)17(12,14)15;1-11(2,3)10-12-7-5-4-6-8(9(7)16-10)17(13,14)15;7-5-2-1-3-6(8)4-5;7-4-2-1-3-5(6(4)9)12(8,10)11;5*1-2;;;;;;;;/h4-7H,1-3H3,(H,13,14);4-6H,1-3H3,(H2,12,14,15);4-6H,1-3H3,(H,13,14,15);1-4H,8H2;1-3,9H,7H2,(H2,8,10,11);5*1-2H3;;;;;;;;/q;;;;;;;;;;4*+1;4*-1. The second kappa shape index (κ2) is 47.4. The van der Waals surface area contributed by atoms with Gasteiger partial charge in [0.1, 0.15) is 25.7 Å². The van der Waals surface area contributed by atoms with Crippen LogP contribution in [0.25, 0.3) is 22.2 Å². The Hall–Kier alpha value is 1.44. The minimum absolute atomic E-state index is 0. The van der Waals surface area contributed by atoms with Gasteiger partial charge in [-0.15, -0.1) is 0 Å². The molecule has 82 heavy (non-hydrogen) atoms. The van der Waals surface area contributed by atoms with Crippen LogP contribution in [0.15, 0.2) is 127 Å². The molecule has 0 radical (unpaired) electrons. The molecular formula is C55H89Cl2N7O11Rb4S3. The van der Waals surface area contributed by atoms with Crippen LogP contribution >= 0.6 is 23.2 Å². The number of carbonyl (C=O) groups excluding carboxylic acids is 1. The summed E-state index contributed by atoms with van der Waals surface area (Å²) in [5.74, 6) is 0.409. The first-order valence-corrected chi connectivity index (χ1v) is 30.3. The van der Waals surface area contributed by atoms with Gasteiger partial charge in [-0.3, -0.25) is 9.35 Å². The third-order valence-electron chi connectivity index (χ3n) is 8.57. The molecular weight excluding hydrogens is 1440 g/mol. The predicted molar refractivity (Wildman–Crippen MR) is 327 cm³/mol. The summed E-state index contributed by atoms with van der Waals surface area (Å²) in [6.07, 6.45) is 0. The topological polar surface area (TPSA) is 328 Å². The second-order valence-electron chi connectivity index (χ2n) is 17.8. The summed E-state index contributed by atoms with van der Waals surface area (Å²) in [6.45, 7) is 37.1. The fourth-order valence-corrected chi connectivity index (χ4v) is 7.43. The van der Waals surface area contributed by atoms with E-state index in [1.165, 1.54) is 36.4 Å². The fourth-order valence-electron chi connectivity index (χ4n) is 5.08. The molecule has 0 fully saturated rings. The monoisotopic (exact) mass is 1530 g/mol. The van der Waals surface area contributed by atoms with Gasteiger partial charge in [-0.2, -0.15) is 8.42 Å². The van der Waals surface area contributed by atoms with E-state index in [9.17, 15) is 30.0 Å². The van der Waals surface area contributed by atoms with Crippen molar-refractivity contribution in [3.8, 4) is 5.75 Å². The van der Waals surface area contributed by atoms with Crippen molar-refractivity contribution in [2.45, 2.75) is 157 Å². The predicted octanol–water partition coefficient (Wildman–Crippen LogP) is 2.61. The van der Waals surface area contributed by atoms with Gasteiger partial charge in [-0.25, -0.2) is 37.1 Å². The summed E-state index contributed by atoms with van der Waals surface area (Å²) < 4.78 is 86.7. The Morgan fingerprint density at radius 3 is 1.20 bits per heavy atom. The average molecular weight is 1530 g/mol. The van der Waals surface area contributed by atoms with Crippen molar-refractivity contribution < 1.29 is 287 Å². The van der Waals surface area contributed by atoms with Crippen molar-refractivity contribution in [2.75, 3.05) is 16.8 Å². The van der Waals surface area contributed by atoms with Crippen molar-refractivity contribution in [1.29, 1.82) is 0 Å². The van der Waals surface area contributed by atoms with E-state index in [1.54, 1.807) is 54.6 Å². The van der Waals surface area contributed by atoms with Crippen LogP contribution in [0.3, 0.4) is 0 Å². The number of phenols is 1. The molecule has 0 aliphatic carbocycles. The number of hydrogen-bond donors (Lipinski definition) is 7. The van der Waals surface area contributed by atoms with Crippen LogP contribution in [0.1, 0.15) is 149 Å². The van der Waals surface area contributed by atoms with Crippen LogP contribution < -0.4 is 260 Å². The molecule has 2 heterocycles. The Morgan fingerprint density at radius 2 is 0.878 bits per heavy atom. The Morgan fingerprint density at radius 1 is 0.537 bits per heavy atom. The largest absolute Gasteiger partial charge is 1.00 e. The first-order chi connectivity index (χ1) is 36.0. The Labute approximate surface area is 701 Å². The number of anilines is 3. The number of aromatic nitrogens is 2. The number of para-hydroxylation sites is 3. The fraction of sp³-hybridized carbons (Fsp3) is 0.400. The van der Waals surface area contributed by atoms with Gasteiger partial charge < -0.3 is 36.4 Å². The number of aromatic hydroxyl groups is 1. The van der Waals surface area contributed by atoms with Crippen LogP contribution in [0.5, 0.6) is 5.75 Å². The zero-order chi connectivity index (χ0) is 61.8. The molecule has 18 nitrogen and oxygen atoms in total. The molecule has 0 aliphatic heterocycles. The smallest absolute Gasteiger partial charge is 1.00 e. The van der Waals surface area contributed by atoms with Crippen molar-refractivity contribution in [3.63, 3.8) is 0 Å². The minimum Gasteiger partial charge on any atom is -1.00 e. The number of amides is 1. The third-order valence-corrected chi connectivity index (χ3v) is 11.8. The first-order valence-electron chi connectivity index (χ1n) is 25.0. The second-order valence-corrected chi connectivity index (χ2v) is 23.1. The first kappa shape index (κ1) is 97.1. The summed E-state index contributed by atoms with van der Waals surface area (Å²) >= 11 is 11.4. The number of oxazole rings is 2. The molecule has 1 amide bonds. The number of benzene rings is 5. The Balaban J connectivity index is -0.0000000867. The summed E-state index contributed by atoms with van der Waals surface area (Å²) in [6, 6.07) is 27.3. The summed E-state index contributed by atoms with van der Waals surface area (Å²) in [4.78, 5) is 19.4. The number of carbonyl (C=O) groups is 1. The van der Waals surface area contributed by atoms with Crippen LogP contribution in [0.4, 0.5) is 17.1 Å². The van der Waals surface area contributed by atoms with Gasteiger partial charge in [0.25, 0.3) is 10.1 Å². The molecule has 0 unspecified atom stereocenters. The maximum absolute atomic E-state index is 11.6. The molecule has 7 rings (SSSR count). The van der Waals surface area contributed by atoms with Crippen molar-refractivity contribution in [1.82, 2.24) is 9.97 Å². The zero-order valence-corrected chi connectivity index (χ0v) is 76.2. The number of nitrogens with zero attached hydrogens (tertiary/aromatic N) is 2. The van der Waals surface area contributed by atoms with Gasteiger partial charge in [0.05, 0.1) is 5.69 Å². The SMILES string of the molecule is CC.CC.CC.CC.CC.CC(C)(C)C(=O)Nc1cccc(Cl)c1.CC(C)(C)c1nc2cccc(S(=O)(=O)O)c2o1.CC(C)(C)c1nc2cccc(S(N)(=O)=O)c2o1.Nc1cccc(Cl)c1.Nc1cccc(S(N)(=O)=O)c1O.[H-].[H-].[H-].[H-].[Rb+].[Rb+].[Rb+].[Rb+]. The third kappa shape index (κ3) is 36.9.